The second-order valence-corrected chi connectivity index (χ2v) is 4.69. The number of hydrogen-bond donors (Lipinski definition) is 1. The predicted molar refractivity (Wildman–Crippen MR) is 82.2 cm³/mol. The van der Waals surface area contributed by atoms with Gasteiger partial charge in [0.05, 0.1) is 18.5 Å². The Morgan fingerprint density at radius 1 is 1.29 bits per heavy atom. The number of rotatable bonds is 6. The van der Waals surface area contributed by atoms with E-state index >= 15 is 0 Å². The smallest absolute Gasteiger partial charge is 0.373 e. The molecule has 1 N–H and O–H groups in total. The van der Waals surface area contributed by atoms with Gasteiger partial charge in [-0.1, -0.05) is 0 Å². The third-order valence-electron chi connectivity index (χ3n) is 2.94. The van der Waals surface area contributed by atoms with Crippen molar-refractivity contribution in [1.29, 1.82) is 0 Å². The molecule has 0 unspecified atom stereocenters. The molecule has 1 aromatic carbocycles. The minimum absolute atomic E-state index is 0.0863. The first-order valence-electron chi connectivity index (χ1n) is 7.10. The van der Waals surface area contributed by atoms with E-state index < -0.39 is 23.4 Å². The second-order valence-electron chi connectivity index (χ2n) is 4.69. The van der Waals surface area contributed by atoms with Gasteiger partial charge in [0.2, 0.25) is 5.76 Å². The Labute approximate surface area is 137 Å². The molecule has 2 aromatic rings. The van der Waals surface area contributed by atoms with Crippen LogP contribution in [0.15, 0.2) is 42.3 Å². The lowest BCUT2D eigenvalue weighted by Gasteiger charge is -2.07. The van der Waals surface area contributed by atoms with Crippen LogP contribution in [0, 0.1) is 11.6 Å². The van der Waals surface area contributed by atoms with Crippen molar-refractivity contribution < 1.29 is 28.2 Å². The Balaban J connectivity index is 1.99. The zero-order chi connectivity index (χ0) is 17.5. The minimum Gasteiger partial charge on any atom is -0.502 e. The lowest BCUT2D eigenvalue weighted by Crippen LogP contribution is -2.06. The highest BCUT2D eigenvalue weighted by Crippen LogP contribution is 2.15. The van der Waals surface area contributed by atoms with Gasteiger partial charge in [0.1, 0.15) is 24.0 Å². The number of aromatic nitrogens is 1. The number of benzene rings is 1. The molecule has 126 valence electrons. The van der Waals surface area contributed by atoms with Gasteiger partial charge in [0, 0.05) is 17.7 Å². The van der Waals surface area contributed by atoms with E-state index in [4.69, 9.17) is 4.74 Å². The molecular weight excluding hydrogens is 320 g/mol. The number of pyridine rings is 1. The molecule has 2 rings (SSSR count). The van der Waals surface area contributed by atoms with Gasteiger partial charge in [-0.2, -0.15) is 0 Å². The van der Waals surface area contributed by atoms with Gasteiger partial charge in [-0.3, -0.25) is 4.98 Å². The summed E-state index contributed by atoms with van der Waals surface area (Å²) < 4.78 is 36.3. The highest BCUT2D eigenvalue weighted by Gasteiger charge is 2.09. The maximum absolute atomic E-state index is 13.5. The number of aliphatic hydroxyl groups excluding tert-OH is 1. The molecule has 5 nitrogen and oxygen atoms in total. The van der Waals surface area contributed by atoms with E-state index in [-0.39, 0.29) is 18.8 Å². The van der Waals surface area contributed by atoms with Crippen LogP contribution >= 0.6 is 0 Å². The monoisotopic (exact) mass is 335 g/mol. The fraction of sp³-hybridized carbons (Fsp3) is 0.176. The van der Waals surface area contributed by atoms with E-state index in [0.717, 1.165) is 18.2 Å². The van der Waals surface area contributed by atoms with E-state index in [1.165, 1.54) is 18.3 Å². The van der Waals surface area contributed by atoms with Crippen LogP contribution in [0.25, 0.3) is 6.08 Å². The summed E-state index contributed by atoms with van der Waals surface area (Å²) in [4.78, 5) is 15.3. The third-order valence-corrected chi connectivity index (χ3v) is 2.94. The Kier molecular flexibility index (Phi) is 5.83. The molecule has 0 atom stereocenters. The summed E-state index contributed by atoms with van der Waals surface area (Å²) in [7, 11) is 0. The average molecular weight is 335 g/mol. The summed E-state index contributed by atoms with van der Waals surface area (Å²) in [5, 5.41) is 9.52. The van der Waals surface area contributed by atoms with Crippen molar-refractivity contribution in [3.05, 3.63) is 65.2 Å². The van der Waals surface area contributed by atoms with Crippen molar-refractivity contribution in [1.82, 2.24) is 4.98 Å². The van der Waals surface area contributed by atoms with Crippen LogP contribution < -0.4 is 4.74 Å². The maximum Gasteiger partial charge on any atom is 0.373 e. The van der Waals surface area contributed by atoms with Crippen LogP contribution in [0.4, 0.5) is 8.78 Å². The van der Waals surface area contributed by atoms with Gasteiger partial charge in [-0.05, 0) is 31.2 Å². The number of ether oxygens (including phenoxy) is 2. The highest BCUT2D eigenvalue weighted by atomic mass is 19.1. The zero-order valence-corrected chi connectivity index (χ0v) is 12.8. The summed E-state index contributed by atoms with van der Waals surface area (Å²) >= 11 is 0. The van der Waals surface area contributed by atoms with Crippen molar-refractivity contribution in [3.63, 3.8) is 0 Å². The zero-order valence-electron chi connectivity index (χ0n) is 12.8. The van der Waals surface area contributed by atoms with Crippen molar-refractivity contribution >= 4 is 12.0 Å². The van der Waals surface area contributed by atoms with Gasteiger partial charge in [0.25, 0.3) is 0 Å². The summed E-state index contributed by atoms with van der Waals surface area (Å²) in [5.41, 5.74) is 0.529. The molecule has 0 spiro atoms. The van der Waals surface area contributed by atoms with Crippen molar-refractivity contribution in [2.75, 3.05) is 6.61 Å². The lowest BCUT2D eigenvalue weighted by atomic mass is 10.2. The topological polar surface area (TPSA) is 68.7 Å². The lowest BCUT2D eigenvalue weighted by molar-refractivity contribution is -0.141. The number of nitrogens with zero attached hydrogens (tertiary/aromatic N) is 1. The first-order valence-corrected chi connectivity index (χ1v) is 7.10. The quantitative estimate of drug-likeness (QED) is 0.498. The molecule has 0 aliphatic heterocycles. The van der Waals surface area contributed by atoms with E-state index in [2.05, 4.69) is 9.72 Å². The van der Waals surface area contributed by atoms with Crippen molar-refractivity contribution in [3.8, 4) is 5.75 Å². The van der Waals surface area contributed by atoms with Crippen molar-refractivity contribution in [2.24, 2.45) is 0 Å². The van der Waals surface area contributed by atoms with Gasteiger partial charge < -0.3 is 14.6 Å². The second kappa shape index (κ2) is 8.05. The summed E-state index contributed by atoms with van der Waals surface area (Å²) in [6.45, 7) is 1.69. The Bertz CT molecular complexity index is 745. The van der Waals surface area contributed by atoms with Gasteiger partial charge >= 0.3 is 5.97 Å². The van der Waals surface area contributed by atoms with Crippen LogP contribution in [0.3, 0.4) is 0 Å². The molecule has 24 heavy (non-hydrogen) atoms. The van der Waals surface area contributed by atoms with Crippen LogP contribution in [0.2, 0.25) is 0 Å². The number of esters is 1. The first-order chi connectivity index (χ1) is 11.5. The fourth-order valence-corrected chi connectivity index (χ4v) is 1.77. The highest BCUT2D eigenvalue weighted by molar-refractivity contribution is 5.90. The predicted octanol–water partition coefficient (Wildman–Crippen LogP) is 3.40. The van der Waals surface area contributed by atoms with Crippen LogP contribution in [-0.4, -0.2) is 22.7 Å². The van der Waals surface area contributed by atoms with Crippen LogP contribution in [-0.2, 0) is 16.1 Å². The molecular formula is C17H15F2NO4. The van der Waals surface area contributed by atoms with Gasteiger partial charge in [-0.25, -0.2) is 13.6 Å². The molecule has 1 aromatic heterocycles. The van der Waals surface area contributed by atoms with Gasteiger partial charge in [0.15, 0.2) is 0 Å². The molecule has 0 aliphatic carbocycles. The van der Waals surface area contributed by atoms with E-state index in [1.807, 2.05) is 0 Å². The standard InChI is InChI=1S/C17H15F2NO4/c1-2-23-17(22)16(21)8-13-5-6-14(9-20-13)24-10-11-3-4-12(18)7-15(11)19/h3-9,21H,2,10H2,1H3. The Morgan fingerprint density at radius 2 is 2.08 bits per heavy atom. The number of carbonyl (C=O) groups is 1. The van der Waals surface area contributed by atoms with Crippen LogP contribution in [0.5, 0.6) is 5.75 Å². The molecule has 7 heteroatoms. The number of hydrogen-bond acceptors (Lipinski definition) is 5. The number of halogens is 2. The SMILES string of the molecule is CCOC(=O)C(O)=Cc1ccc(OCc2ccc(F)cc2F)cn1. The molecule has 0 bridgehead atoms. The van der Waals surface area contributed by atoms with E-state index in [1.54, 1.807) is 13.0 Å². The molecule has 0 saturated heterocycles. The minimum atomic E-state index is -0.841. The maximum atomic E-state index is 13.5. The fourth-order valence-electron chi connectivity index (χ4n) is 1.77. The molecule has 1 heterocycles. The Hall–Kier alpha value is -2.96. The van der Waals surface area contributed by atoms with Gasteiger partial charge in [-0.15, -0.1) is 0 Å². The normalized spacial score (nSPS) is 11.2. The molecule has 0 amide bonds. The first kappa shape index (κ1) is 17.4. The van der Waals surface area contributed by atoms with E-state index in [0.29, 0.717) is 11.4 Å². The van der Waals surface area contributed by atoms with E-state index in [9.17, 15) is 18.7 Å². The van der Waals surface area contributed by atoms with Crippen molar-refractivity contribution in [2.45, 2.75) is 13.5 Å². The Morgan fingerprint density at radius 3 is 2.71 bits per heavy atom. The summed E-state index contributed by atoms with van der Waals surface area (Å²) in [6, 6.07) is 6.27. The average Bonchev–Trinajstić information content (AvgIpc) is 2.55. The summed E-state index contributed by atoms with van der Waals surface area (Å²) in [5.74, 6) is -2.40. The largest absolute Gasteiger partial charge is 0.502 e. The van der Waals surface area contributed by atoms with Crippen LogP contribution in [0.1, 0.15) is 18.2 Å². The third kappa shape index (κ3) is 4.77. The molecule has 0 radical (unpaired) electrons. The number of carbonyl (C=O) groups excluding carboxylic acids is 1. The molecule has 0 aliphatic rings. The summed E-state index contributed by atoms with van der Waals surface area (Å²) in [6.07, 6.45) is 2.51. The molecule has 0 fully saturated rings. The molecule has 0 saturated carbocycles. The number of aliphatic hydroxyl groups is 1.